The van der Waals surface area contributed by atoms with E-state index in [4.69, 9.17) is 0 Å². The van der Waals surface area contributed by atoms with E-state index in [-0.39, 0.29) is 0 Å². The molecule has 0 amide bonds. The van der Waals surface area contributed by atoms with E-state index in [1.807, 2.05) is 13.0 Å². The highest BCUT2D eigenvalue weighted by Crippen LogP contribution is 2.11. The molecule has 1 aromatic rings. The van der Waals surface area contributed by atoms with Crippen molar-refractivity contribution in [1.82, 2.24) is 10.3 Å². The lowest BCUT2D eigenvalue weighted by Gasteiger charge is -2.12. The number of hydrogen-bond acceptors (Lipinski definition) is 2. The van der Waals surface area contributed by atoms with Crippen molar-refractivity contribution < 1.29 is 0 Å². The second kappa shape index (κ2) is 6.62. The first-order chi connectivity index (χ1) is 7.24. The van der Waals surface area contributed by atoms with Crippen molar-refractivity contribution in [3.8, 4) is 0 Å². The second-order valence-electron chi connectivity index (χ2n) is 4.01. The number of hydrogen-bond donors (Lipinski definition) is 1. The molecule has 0 saturated carbocycles. The van der Waals surface area contributed by atoms with Gasteiger partial charge in [-0.1, -0.05) is 26.1 Å². The van der Waals surface area contributed by atoms with Crippen molar-refractivity contribution >= 4 is 7.28 Å². The molecule has 1 atom stereocenters. The van der Waals surface area contributed by atoms with Crippen LogP contribution in [0.3, 0.4) is 0 Å². The molecule has 0 fully saturated rings. The van der Waals surface area contributed by atoms with Gasteiger partial charge in [0.25, 0.3) is 0 Å². The molecule has 1 heterocycles. The summed E-state index contributed by atoms with van der Waals surface area (Å²) in [5.74, 6) is 0.488. The largest absolute Gasteiger partial charge is 0.317 e. The number of rotatable bonds is 6. The fraction of sp³-hybridized carbons (Fsp3) is 0.583. The van der Waals surface area contributed by atoms with E-state index in [0.717, 1.165) is 25.1 Å². The van der Waals surface area contributed by atoms with Crippen molar-refractivity contribution in [3.63, 3.8) is 0 Å². The molecule has 0 saturated heterocycles. The Kier molecular flexibility index (Phi) is 5.40. The van der Waals surface area contributed by atoms with Crippen molar-refractivity contribution in [1.29, 1.82) is 0 Å². The minimum absolute atomic E-state index is 0.488. The molecule has 1 N–H and O–H groups in total. The molecule has 0 spiro atoms. The molecule has 15 heavy (non-hydrogen) atoms. The van der Waals surface area contributed by atoms with Crippen LogP contribution in [0.5, 0.6) is 0 Å². The Bertz CT molecular complexity index is 289. The molecule has 0 aliphatic heterocycles. The van der Waals surface area contributed by atoms with Crippen LogP contribution in [0.25, 0.3) is 0 Å². The third-order valence-corrected chi connectivity index (χ3v) is 2.48. The van der Waals surface area contributed by atoms with E-state index in [9.17, 15) is 0 Å². The first-order valence-corrected chi connectivity index (χ1v) is 5.66. The lowest BCUT2D eigenvalue weighted by molar-refractivity contribution is 0.621. The molecule has 1 rings (SSSR count). The molecule has 0 aliphatic carbocycles. The van der Waals surface area contributed by atoms with Crippen LogP contribution in [0.1, 0.15) is 24.2 Å². The van der Waals surface area contributed by atoms with Crippen LogP contribution in [-0.2, 0) is 0 Å². The second-order valence-corrected chi connectivity index (χ2v) is 4.01. The quantitative estimate of drug-likeness (QED) is 0.566. The van der Waals surface area contributed by atoms with Gasteiger partial charge in [-0.05, 0) is 25.6 Å². The van der Waals surface area contributed by atoms with E-state index in [1.54, 1.807) is 0 Å². The molecule has 1 unspecified atom stereocenters. The Morgan fingerprint density at radius 1 is 1.47 bits per heavy atom. The van der Waals surface area contributed by atoms with Crippen LogP contribution in [0, 0.1) is 6.92 Å². The summed E-state index contributed by atoms with van der Waals surface area (Å²) in [6, 6.07) is 6.22. The zero-order valence-electron chi connectivity index (χ0n) is 9.96. The van der Waals surface area contributed by atoms with Gasteiger partial charge in [-0.15, -0.1) is 0 Å². The zero-order chi connectivity index (χ0) is 11.1. The maximum atomic E-state index is 4.52. The summed E-state index contributed by atoms with van der Waals surface area (Å²) in [7, 11) is 2.18. The third-order valence-electron chi connectivity index (χ3n) is 2.48. The van der Waals surface area contributed by atoms with Crippen LogP contribution < -0.4 is 5.32 Å². The van der Waals surface area contributed by atoms with E-state index in [0.29, 0.717) is 5.92 Å². The minimum Gasteiger partial charge on any atom is -0.317 e. The Hall–Kier alpha value is -0.825. The average Bonchev–Trinajstić information content (AvgIpc) is 2.24. The lowest BCUT2D eigenvalue weighted by atomic mass is 9.78. The van der Waals surface area contributed by atoms with E-state index >= 15 is 0 Å². The van der Waals surface area contributed by atoms with Gasteiger partial charge in [0.15, 0.2) is 0 Å². The smallest absolute Gasteiger partial charge is 0.107 e. The molecule has 1 radical (unpaired) electrons. The van der Waals surface area contributed by atoms with Gasteiger partial charge in [0.05, 0.1) is 0 Å². The molecule has 0 aromatic carbocycles. The molecule has 2 nitrogen and oxygen atoms in total. The van der Waals surface area contributed by atoms with Crippen molar-refractivity contribution in [3.05, 3.63) is 29.6 Å². The molecule has 0 bridgehead atoms. The Balaban J connectivity index is 2.36. The number of nitrogens with one attached hydrogen (secondary N) is 1. The van der Waals surface area contributed by atoms with Crippen molar-refractivity contribution in [2.75, 3.05) is 13.1 Å². The monoisotopic (exact) mass is 203 g/mol. The Morgan fingerprint density at radius 3 is 2.93 bits per heavy atom. The summed E-state index contributed by atoms with van der Waals surface area (Å²) < 4.78 is 0. The van der Waals surface area contributed by atoms with E-state index in [1.165, 1.54) is 5.69 Å². The summed E-state index contributed by atoms with van der Waals surface area (Å²) in [6.45, 7) is 8.41. The molecule has 3 heteroatoms. The summed E-state index contributed by atoms with van der Waals surface area (Å²) in [5.41, 5.74) is 2.28. The summed E-state index contributed by atoms with van der Waals surface area (Å²) in [6.07, 6.45) is 1.13. The maximum Gasteiger partial charge on any atom is 0.107 e. The topological polar surface area (TPSA) is 24.9 Å². The van der Waals surface area contributed by atoms with Crippen LogP contribution in [0.4, 0.5) is 0 Å². The average molecular weight is 203 g/mol. The van der Waals surface area contributed by atoms with Crippen LogP contribution >= 0.6 is 0 Å². The maximum absolute atomic E-state index is 4.52. The summed E-state index contributed by atoms with van der Waals surface area (Å²) in [5, 5.41) is 3.43. The minimum atomic E-state index is 0.488. The number of aryl methyl sites for hydroxylation is 1. The molecular weight excluding hydrogens is 183 g/mol. The number of aromatic nitrogens is 1. The van der Waals surface area contributed by atoms with Crippen LogP contribution in [0.2, 0.25) is 13.1 Å². The van der Waals surface area contributed by atoms with E-state index in [2.05, 4.69) is 43.5 Å². The predicted molar refractivity (Wildman–Crippen MR) is 66.7 cm³/mol. The van der Waals surface area contributed by atoms with Crippen molar-refractivity contribution in [2.45, 2.75) is 32.9 Å². The molecular formula is C12H20BN2. The van der Waals surface area contributed by atoms with E-state index < -0.39 is 0 Å². The summed E-state index contributed by atoms with van der Waals surface area (Å²) >= 11 is 0. The molecule has 1 aromatic heterocycles. The van der Waals surface area contributed by atoms with Gasteiger partial charge in [0.2, 0.25) is 0 Å². The first kappa shape index (κ1) is 12.2. The lowest BCUT2D eigenvalue weighted by Crippen LogP contribution is -2.22. The van der Waals surface area contributed by atoms with Gasteiger partial charge >= 0.3 is 0 Å². The van der Waals surface area contributed by atoms with Gasteiger partial charge < -0.3 is 5.32 Å². The Morgan fingerprint density at radius 2 is 2.27 bits per heavy atom. The fourth-order valence-corrected chi connectivity index (χ4v) is 1.51. The zero-order valence-corrected chi connectivity index (χ0v) is 9.96. The SMILES string of the molecule is C[B]CCNCC(C)c1cccc(C)n1. The standard InChI is InChI=1S/C12H20BN2/c1-10(9-14-8-7-13-3)12-6-4-5-11(2)15-12/h4-6,10,14H,7-9H2,1-3H3. The number of nitrogens with zero attached hydrogens (tertiary/aromatic N) is 1. The van der Waals surface area contributed by atoms with Crippen molar-refractivity contribution in [2.24, 2.45) is 0 Å². The third kappa shape index (κ3) is 4.47. The first-order valence-electron chi connectivity index (χ1n) is 5.66. The van der Waals surface area contributed by atoms with Crippen LogP contribution in [-0.4, -0.2) is 25.4 Å². The number of pyridine rings is 1. The summed E-state index contributed by atoms with van der Waals surface area (Å²) in [4.78, 5) is 4.52. The van der Waals surface area contributed by atoms with Gasteiger partial charge in [-0.3, -0.25) is 4.98 Å². The molecule has 0 aliphatic rings. The van der Waals surface area contributed by atoms with Gasteiger partial charge in [-0.25, -0.2) is 0 Å². The highest BCUT2D eigenvalue weighted by Gasteiger charge is 2.05. The normalized spacial score (nSPS) is 12.5. The highest BCUT2D eigenvalue weighted by atomic mass is 14.9. The Labute approximate surface area is 93.7 Å². The highest BCUT2D eigenvalue weighted by molar-refractivity contribution is 6.33. The predicted octanol–water partition coefficient (Wildman–Crippen LogP) is 2.25. The fourth-order valence-electron chi connectivity index (χ4n) is 1.51. The van der Waals surface area contributed by atoms with Gasteiger partial charge in [0, 0.05) is 23.9 Å². The van der Waals surface area contributed by atoms with Gasteiger partial charge in [0.1, 0.15) is 7.28 Å². The van der Waals surface area contributed by atoms with Crippen LogP contribution in [0.15, 0.2) is 18.2 Å². The van der Waals surface area contributed by atoms with Gasteiger partial charge in [-0.2, -0.15) is 0 Å². The molecule has 81 valence electrons.